The van der Waals surface area contributed by atoms with Crippen molar-refractivity contribution in [3.63, 3.8) is 0 Å². The van der Waals surface area contributed by atoms with E-state index in [0.29, 0.717) is 11.4 Å². The average molecular weight is 248 g/mol. The second-order valence-electron chi connectivity index (χ2n) is 3.75. The van der Waals surface area contributed by atoms with Gasteiger partial charge in [-0.1, -0.05) is 11.6 Å². The molecule has 2 N–H and O–H groups in total. The van der Waals surface area contributed by atoms with E-state index in [4.69, 9.17) is 17.3 Å². The van der Waals surface area contributed by atoms with Gasteiger partial charge in [0.25, 0.3) is 0 Å². The lowest BCUT2D eigenvalue weighted by atomic mass is 10.1. The second-order valence-corrected chi connectivity index (χ2v) is 6.20. The molecule has 0 aromatic heterocycles. The molecule has 84 valence electrons. The van der Waals surface area contributed by atoms with Gasteiger partial charge in [-0.05, 0) is 37.1 Å². The maximum Gasteiger partial charge on any atom is 0.175 e. The molecule has 1 aromatic carbocycles. The molecule has 0 amide bonds. The van der Waals surface area contributed by atoms with Crippen LogP contribution in [-0.2, 0) is 16.3 Å². The maximum atomic E-state index is 11.3. The lowest BCUT2D eigenvalue weighted by molar-refractivity contribution is 0.601. The van der Waals surface area contributed by atoms with Gasteiger partial charge in [-0.3, -0.25) is 0 Å². The summed E-state index contributed by atoms with van der Waals surface area (Å²) in [4.78, 5) is 0.241. The van der Waals surface area contributed by atoms with E-state index in [1.165, 1.54) is 6.07 Å². The molecule has 0 aliphatic carbocycles. The molecule has 1 aromatic rings. The molecular weight excluding hydrogens is 234 g/mol. The van der Waals surface area contributed by atoms with E-state index in [0.717, 1.165) is 11.8 Å². The maximum absolute atomic E-state index is 11.3. The number of benzene rings is 1. The average Bonchev–Trinajstić information content (AvgIpc) is 1.99. The lowest BCUT2D eigenvalue weighted by Crippen LogP contribution is -2.18. The van der Waals surface area contributed by atoms with E-state index < -0.39 is 9.84 Å². The van der Waals surface area contributed by atoms with Crippen LogP contribution in [0.25, 0.3) is 0 Å². The molecule has 0 heterocycles. The Hall–Kier alpha value is -0.580. The van der Waals surface area contributed by atoms with Crippen molar-refractivity contribution < 1.29 is 8.42 Å². The molecule has 5 heteroatoms. The van der Waals surface area contributed by atoms with Crippen LogP contribution in [0.15, 0.2) is 23.1 Å². The minimum absolute atomic E-state index is 0.0177. The third kappa shape index (κ3) is 3.81. The van der Waals surface area contributed by atoms with Gasteiger partial charge in [0.2, 0.25) is 0 Å². The van der Waals surface area contributed by atoms with E-state index in [1.54, 1.807) is 12.1 Å². The Bertz CT molecular complexity index is 454. The Morgan fingerprint density at radius 3 is 2.47 bits per heavy atom. The molecule has 0 spiro atoms. The van der Waals surface area contributed by atoms with Crippen molar-refractivity contribution in [1.82, 2.24) is 0 Å². The Morgan fingerprint density at radius 1 is 1.40 bits per heavy atom. The van der Waals surface area contributed by atoms with Crippen LogP contribution in [0.4, 0.5) is 0 Å². The van der Waals surface area contributed by atoms with Crippen molar-refractivity contribution in [1.29, 1.82) is 0 Å². The van der Waals surface area contributed by atoms with E-state index >= 15 is 0 Å². The van der Waals surface area contributed by atoms with Gasteiger partial charge in [-0.2, -0.15) is 0 Å². The van der Waals surface area contributed by atoms with Gasteiger partial charge >= 0.3 is 0 Å². The van der Waals surface area contributed by atoms with Crippen LogP contribution in [0, 0.1) is 0 Å². The Kier molecular flexibility index (Phi) is 3.76. The number of sulfone groups is 1. The Morgan fingerprint density at radius 2 is 2.00 bits per heavy atom. The number of halogens is 1. The van der Waals surface area contributed by atoms with Crippen molar-refractivity contribution in [2.75, 3.05) is 6.26 Å². The monoisotopic (exact) mass is 247 g/mol. The minimum Gasteiger partial charge on any atom is -0.328 e. The summed E-state index contributed by atoms with van der Waals surface area (Å²) in [5.41, 5.74) is 6.49. The first-order valence-corrected chi connectivity index (χ1v) is 6.81. The third-order valence-corrected chi connectivity index (χ3v) is 3.23. The van der Waals surface area contributed by atoms with Crippen molar-refractivity contribution in [2.45, 2.75) is 24.3 Å². The zero-order valence-electron chi connectivity index (χ0n) is 8.70. The molecule has 0 saturated heterocycles. The predicted octanol–water partition coefficient (Wildman–Crippen LogP) is 1.63. The molecule has 1 unspecified atom stereocenters. The normalized spacial score (nSPS) is 13.9. The topological polar surface area (TPSA) is 60.2 Å². The summed E-state index contributed by atoms with van der Waals surface area (Å²) in [7, 11) is -3.21. The third-order valence-electron chi connectivity index (χ3n) is 1.92. The summed E-state index contributed by atoms with van der Waals surface area (Å²) in [6, 6.07) is 4.78. The summed E-state index contributed by atoms with van der Waals surface area (Å²) in [5.74, 6) is 0. The highest BCUT2D eigenvalue weighted by Crippen LogP contribution is 2.19. The molecule has 0 aliphatic heterocycles. The van der Waals surface area contributed by atoms with Gasteiger partial charge in [0.15, 0.2) is 9.84 Å². The highest BCUT2D eigenvalue weighted by Gasteiger charge is 2.10. The fourth-order valence-corrected chi connectivity index (χ4v) is 2.35. The summed E-state index contributed by atoms with van der Waals surface area (Å²) < 4.78 is 22.7. The standard InChI is InChI=1S/C10H14ClNO2S/c1-7(12)3-8-4-9(11)6-10(5-8)15(2,13)14/h4-7H,3,12H2,1-2H3. The molecule has 1 rings (SSSR count). The van der Waals surface area contributed by atoms with Crippen LogP contribution >= 0.6 is 11.6 Å². The molecule has 0 bridgehead atoms. The van der Waals surface area contributed by atoms with Gasteiger partial charge in [0.05, 0.1) is 4.90 Å². The van der Waals surface area contributed by atoms with Gasteiger partial charge < -0.3 is 5.73 Å². The number of rotatable bonds is 3. The van der Waals surface area contributed by atoms with Gasteiger partial charge in [0, 0.05) is 17.3 Å². The zero-order valence-corrected chi connectivity index (χ0v) is 10.3. The lowest BCUT2D eigenvalue weighted by Gasteiger charge is -2.07. The Labute approximate surface area is 95.2 Å². The van der Waals surface area contributed by atoms with Crippen LogP contribution in [0.3, 0.4) is 0 Å². The summed E-state index contributed by atoms with van der Waals surface area (Å²) >= 11 is 5.83. The predicted molar refractivity (Wildman–Crippen MR) is 61.9 cm³/mol. The van der Waals surface area contributed by atoms with E-state index in [1.807, 2.05) is 6.92 Å². The summed E-state index contributed by atoms with van der Waals surface area (Å²) in [5, 5.41) is 0.425. The molecule has 3 nitrogen and oxygen atoms in total. The first-order valence-electron chi connectivity index (χ1n) is 4.54. The molecule has 0 fully saturated rings. The van der Waals surface area contributed by atoms with Crippen molar-refractivity contribution in [3.8, 4) is 0 Å². The van der Waals surface area contributed by atoms with Gasteiger partial charge in [-0.15, -0.1) is 0 Å². The quantitative estimate of drug-likeness (QED) is 0.883. The Balaban J connectivity index is 3.17. The molecule has 1 atom stereocenters. The molecule has 0 saturated carbocycles. The van der Waals surface area contributed by atoms with Crippen LogP contribution in [0.1, 0.15) is 12.5 Å². The highest BCUT2D eigenvalue weighted by atomic mass is 35.5. The second kappa shape index (κ2) is 4.51. The van der Waals surface area contributed by atoms with E-state index in [9.17, 15) is 8.42 Å². The first-order chi connectivity index (χ1) is 6.79. The van der Waals surface area contributed by atoms with Gasteiger partial charge in [0.1, 0.15) is 0 Å². The zero-order chi connectivity index (χ0) is 11.6. The van der Waals surface area contributed by atoms with E-state index in [-0.39, 0.29) is 10.9 Å². The van der Waals surface area contributed by atoms with E-state index in [2.05, 4.69) is 0 Å². The highest BCUT2D eigenvalue weighted by molar-refractivity contribution is 7.90. The van der Waals surface area contributed by atoms with Crippen LogP contribution in [0.5, 0.6) is 0 Å². The fraction of sp³-hybridized carbons (Fsp3) is 0.400. The molecule has 0 radical (unpaired) electrons. The molecule has 0 aliphatic rings. The number of hydrogen-bond acceptors (Lipinski definition) is 3. The fourth-order valence-electron chi connectivity index (χ4n) is 1.32. The molecule has 15 heavy (non-hydrogen) atoms. The van der Waals surface area contributed by atoms with Crippen molar-refractivity contribution in [3.05, 3.63) is 28.8 Å². The van der Waals surface area contributed by atoms with Crippen molar-refractivity contribution in [2.24, 2.45) is 5.73 Å². The van der Waals surface area contributed by atoms with Crippen LogP contribution in [0.2, 0.25) is 5.02 Å². The summed E-state index contributed by atoms with van der Waals surface area (Å²) in [6.45, 7) is 1.86. The number of nitrogens with two attached hydrogens (primary N) is 1. The molecular formula is C10H14ClNO2S. The largest absolute Gasteiger partial charge is 0.328 e. The summed E-state index contributed by atoms with van der Waals surface area (Å²) in [6.07, 6.45) is 1.78. The van der Waals surface area contributed by atoms with Gasteiger partial charge in [-0.25, -0.2) is 8.42 Å². The smallest absolute Gasteiger partial charge is 0.175 e. The van der Waals surface area contributed by atoms with Crippen molar-refractivity contribution >= 4 is 21.4 Å². The SMILES string of the molecule is CC(N)Cc1cc(Cl)cc(S(C)(=O)=O)c1. The van der Waals surface area contributed by atoms with Crippen LogP contribution < -0.4 is 5.73 Å². The minimum atomic E-state index is -3.21. The number of hydrogen-bond donors (Lipinski definition) is 1. The first kappa shape index (κ1) is 12.5. The van der Waals surface area contributed by atoms with Crippen LogP contribution in [-0.4, -0.2) is 20.7 Å².